The lowest BCUT2D eigenvalue weighted by Gasteiger charge is -2.27. The van der Waals surface area contributed by atoms with E-state index in [1.165, 1.54) is 12.1 Å². The molecule has 0 saturated carbocycles. The van der Waals surface area contributed by atoms with Crippen LogP contribution >= 0.6 is 0 Å². The fraction of sp³-hybridized carbons (Fsp3) is 0.280. The van der Waals surface area contributed by atoms with Gasteiger partial charge in [0.25, 0.3) is 0 Å². The Morgan fingerprint density at radius 2 is 1.47 bits per heavy atom. The third-order valence-corrected chi connectivity index (χ3v) is 6.04. The zero-order chi connectivity index (χ0) is 23.2. The second-order valence-electron chi connectivity index (χ2n) is 8.07. The van der Waals surface area contributed by atoms with Crippen molar-refractivity contribution in [3.63, 3.8) is 0 Å². The predicted octanol–water partition coefficient (Wildman–Crippen LogP) is 7.55. The van der Waals surface area contributed by atoms with E-state index in [-0.39, 0.29) is 41.5 Å². The number of hydrogen-bond donors (Lipinski definition) is 0. The van der Waals surface area contributed by atoms with Crippen LogP contribution in [0.3, 0.4) is 0 Å². The fourth-order valence-corrected chi connectivity index (χ4v) is 4.46. The zero-order valence-corrected chi connectivity index (χ0v) is 17.1. The summed E-state index contributed by atoms with van der Waals surface area (Å²) in [6, 6.07) is 5.17. The number of rotatable bonds is 4. The summed E-state index contributed by atoms with van der Waals surface area (Å²) >= 11 is 0. The van der Waals surface area contributed by atoms with Gasteiger partial charge in [0.1, 0.15) is 11.6 Å². The summed E-state index contributed by atoms with van der Waals surface area (Å²) in [5, 5.41) is 0. The SMILES string of the molecule is CCCc1ccc(C2CCc3c(cc(F)c(-c4cc(F)c(F)c(F)c4)c3F)C2)c(F)c1F. The Hall–Kier alpha value is -2.83. The molecule has 0 amide bonds. The van der Waals surface area contributed by atoms with Crippen LogP contribution in [0.15, 0.2) is 30.3 Å². The predicted molar refractivity (Wildman–Crippen MR) is 107 cm³/mol. The van der Waals surface area contributed by atoms with Crippen molar-refractivity contribution in [1.82, 2.24) is 0 Å². The van der Waals surface area contributed by atoms with E-state index in [1.54, 1.807) is 0 Å². The van der Waals surface area contributed by atoms with Crippen molar-refractivity contribution in [3.8, 4) is 11.1 Å². The van der Waals surface area contributed by atoms with Gasteiger partial charge >= 0.3 is 0 Å². The van der Waals surface area contributed by atoms with Gasteiger partial charge in [0, 0.05) is 0 Å². The summed E-state index contributed by atoms with van der Waals surface area (Å²) in [7, 11) is 0. The maximum absolute atomic E-state index is 15.2. The van der Waals surface area contributed by atoms with Crippen LogP contribution in [-0.4, -0.2) is 0 Å². The van der Waals surface area contributed by atoms with Crippen LogP contribution in [0.1, 0.15) is 47.9 Å². The van der Waals surface area contributed by atoms with Gasteiger partial charge in [-0.15, -0.1) is 0 Å². The Labute approximate surface area is 180 Å². The molecule has 0 heterocycles. The third-order valence-electron chi connectivity index (χ3n) is 6.04. The van der Waals surface area contributed by atoms with Gasteiger partial charge in [0.05, 0.1) is 5.56 Å². The molecule has 0 fully saturated rings. The molecule has 4 rings (SSSR count). The van der Waals surface area contributed by atoms with Gasteiger partial charge in [-0.25, -0.2) is 30.7 Å². The Morgan fingerprint density at radius 3 is 2.12 bits per heavy atom. The van der Waals surface area contributed by atoms with Gasteiger partial charge < -0.3 is 0 Å². The molecule has 3 aromatic rings. The minimum atomic E-state index is -1.73. The molecule has 0 aromatic heterocycles. The summed E-state index contributed by atoms with van der Waals surface area (Å²) in [6.07, 6.45) is 1.53. The van der Waals surface area contributed by atoms with Crippen molar-refractivity contribution in [1.29, 1.82) is 0 Å². The number of hydrogen-bond acceptors (Lipinski definition) is 0. The molecule has 32 heavy (non-hydrogen) atoms. The Balaban J connectivity index is 1.71. The first-order valence-electron chi connectivity index (χ1n) is 10.3. The molecule has 0 spiro atoms. The maximum atomic E-state index is 15.2. The van der Waals surface area contributed by atoms with E-state index in [9.17, 15) is 26.3 Å². The monoisotopic (exact) mass is 452 g/mol. The standard InChI is InChI=1S/C25H19F7/c1-2-3-12-4-6-16(24(31)22(12)29)13-5-7-17-14(8-13)9-18(26)21(23(17)30)15-10-19(27)25(32)20(28)11-15/h4,6,9-11,13H,2-3,5,7-8H2,1H3. The van der Waals surface area contributed by atoms with Gasteiger partial charge in [0.15, 0.2) is 29.1 Å². The fourth-order valence-electron chi connectivity index (χ4n) is 4.46. The molecule has 0 aliphatic heterocycles. The lowest BCUT2D eigenvalue weighted by atomic mass is 9.78. The van der Waals surface area contributed by atoms with Crippen LogP contribution in [0.4, 0.5) is 30.7 Å². The summed E-state index contributed by atoms with van der Waals surface area (Å²) < 4.78 is 99.4. The molecule has 1 aliphatic carbocycles. The number of aryl methyl sites for hydroxylation is 1. The van der Waals surface area contributed by atoms with E-state index < -0.39 is 57.8 Å². The number of halogens is 7. The molecule has 1 aliphatic rings. The van der Waals surface area contributed by atoms with Gasteiger partial charge in [-0.05, 0) is 77.6 Å². The minimum Gasteiger partial charge on any atom is -0.206 e. The van der Waals surface area contributed by atoms with E-state index >= 15 is 4.39 Å². The van der Waals surface area contributed by atoms with Gasteiger partial charge in [-0.2, -0.15) is 0 Å². The van der Waals surface area contributed by atoms with Crippen molar-refractivity contribution in [2.45, 2.75) is 44.9 Å². The van der Waals surface area contributed by atoms with E-state index in [1.807, 2.05) is 6.92 Å². The van der Waals surface area contributed by atoms with Crippen molar-refractivity contribution in [3.05, 3.63) is 93.3 Å². The topological polar surface area (TPSA) is 0 Å². The highest BCUT2D eigenvalue weighted by Gasteiger charge is 2.29. The van der Waals surface area contributed by atoms with Crippen LogP contribution in [0.5, 0.6) is 0 Å². The lowest BCUT2D eigenvalue weighted by Crippen LogP contribution is -2.17. The van der Waals surface area contributed by atoms with Crippen LogP contribution < -0.4 is 0 Å². The zero-order valence-electron chi connectivity index (χ0n) is 17.1. The van der Waals surface area contributed by atoms with Crippen molar-refractivity contribution >= 4 is 0 Å². The minimum absolute atomic E-state index is 0.0824. The average molecular weight is 452 g/mol. The van der Waals surface area contributed by atoms with E-state index in [4.69, 9.17) is 0 Å². The molecule has 1 unspecified atom stereocenters. The normalized spacial score (nSPS) is 15.7. The van der Waals surface area contributed by atoms with E-state index in [0.29, 0.717) is 25.0 Å². The van der Waals surface area contributed by atoms with E-state index in [2.05, 4.69) is 0 Å². The summed E-state index contributed by atoms with van der Waals surface area (Å²) in [6.45, 7) is 1.86. The van der Waals surface area contributed by atoms with Crippen LogP contribution in [0.2, 0.25) is 0 Å². The molecular formula is C25H19F7. The van der Waals surface area contributed by atoms with Gasteiger partial charge in [-0.3, -0.25) is 0 Å². The maximum Gasteiger partial charge on any atom is 0.194 e. The molecule has 1 atom stereocenters. The second-order valence-corrected chi connectivity index (χ2v) is 8.07. The lowest BCUT2D eigenvalue weighted by molar-refractivity contribution is 0.447. The Bertz CT molecular complexity index is 1180. The smallest absolute Gasteiger partial charge is 0.194 e. The highest BCUT2D eigenvalue weighted by Crippen LogP contribution is 2.40. The highest BCUT2D eigenvalue weighted by molar-refractivity contribution is 5.67. The van der Waals surface area contributed by atoms with Gasteiger partial charge in [0.2, 0.25) is 0 Å². The molecule has 0 saturated heterocycles. The third kappa shape index (κ3) is 3.78. The molecule has 168 valence electrons. The summed E-state index contributed by atoms with van der Waals surface area (Å²) in [4.78, 5) is 0. The largest absolute Gasteiger partial charge is 0.206 e. The van der Waals surface area contributed by atoms with Crippen LogP contribution in [0, 0.1) is 40.7 Å². The first kappa shape index (κ1) is 22.4. The number of benzene rings is 3. The van der Waals surface area contributed by atoms with Crippen LogP contribution in [-0.2, 0) is 19.3 Å². The summed E-state index contributed by atoms with van der Waals surface area (Å²) in [5.41, 5.74) is -0.250. The number of fused-ring (bicyclic) bond motifs is 1. The van der Waals surface area contributed by atoms with Crippen molar-refractivity contribution in [2.24, 2.45) is 0 Å². The molecule has 3 aromatic carbocycles. The van der Waals surface area contributed by atoms with Crippen molar-refractivity contribution < 1.29 is 30.7 Å². The Morgan fingerprint density at radius 1 is 0.781 bits per heavy atom. The van der Waals surface area contributed by atoms with Gasteiger partial charge in [-0.1, -0.05) is 25.5 Å². The average Bonchev–Trinajstić information content (AvgIpc) is 2.75. The quantitative estimate of drug-likeness (QED) is 0.283. The first-order valence-corrected chi connectivity index (χ1v) is 10.3. The second kappa shape index (κ2) is 8.60. The Kier molecular flexibility index (Phi) is 6.01. The molecular weight excluding hydrogens is 433 g/mol. The highest BCUT2D eigenvalue weighted by atomic mass is 19.2. The molecule has 0 N–H and O–H groups in total. The molecule has 0 nitrogen and oxygen atoms in total. The van der Waals surface area contributed by atoms with Crippen molar-refractivity contribution in [2.75, 3.05) is 0 Å². The molecule has 0 bridgehead atoms. The van der Waals surface area contributed by atoms with E-state index in [0.717, 1.165) is 6.07 Å². The molecule has 7 heteroatoms. The first-order chi connectivity index (χ1) is 15.2. The van der Waals surface area contributed by atoms with Crippen LogP contribution in [0.25, 0.3) is 11.1 Å². The summed E-state index contributed by atoms with van der Waals surface area (Å²) in [5.74, 6) is -9.22. The molecule has 0 radical (unpaired) electrons.